The van der Waals surface area contributed by atoms with Crippen molar-refractivity contribution in [1.29, 1.82) is 0 Å². The molecule has 0 bridgehead atoms. The summed E-state index contributed by atoms with van der Waals surface area (Å²) in [5.41, 5.74) is 0. The van der Waals surface area contributed by atoms with Crippen LogP contribution in [0.5, 0.6) is 0 Å². The van der Waals surface area contributed by atoms with E-state index in [1.165, 1.54) is 7.11 Å². The number of hydrogen-bond acceptors (Lipinski definition) is 4. The van der Waals surface area contributed by atoms with E-state index in [9.17, 15) is 9.90 Å². The minimum absolute atomic E-state index is 0.271. The Balaban J connectivity index is 2.46. The van der Waals surface area contributed by atoms with Gasteiger partial charge in [0.05, 0.1) is 13.2 Å². The first-order valence-electron chi connectivity index (χ1n) is 5.12. The van der Waals surface area contributed by atoms with E-state index in [-0.39, 0.29) is 12.0 Å². The zero-order chi connectivity index (χ0) is 11.3. The van der Waals surface area contributed by atoms with E-state index in [4.69, 9.17) is 6.42 Å². The van der Waals surface area contributed by atoms with Crippen molar-refractivity contribution >= 4 is 5.97 Å². The quantitative estimate of drug-likeness (QED) is 0.404. The Labute approximate surface area is 90.2 Å². The van der Waals surface area contributed by atoms with E-state index in [1.54, 1.807) is 0 Å². The van der Waals surface area contributed by atoms with E-state index in [0.717, 1.165) is 13.0 Å². The van der Waals surface area contributed by atoms with Crippen LogP contribution in [0, 0.1) is 12.3 Å². The van der Waals surface area contributed by atoms with Crippen LogP contribution in [0.25, 0.3) is 0 Å². The molecule has 0 aromatic carbocycles. The van der Waals surface area contributed by atoms with Gasteiger partial charge in [-0.15, -0.1) is 12.3 Å². The van der Waals surface area contributed by atoms with Crippen LogP contribution >= 0.6 is 0 Å². The summed E-state index contributed by atoms with van der Waals surface area (Å²) >= 11 is 0. The SMILES string of the molecule is C#CCCCN1CC(O)CC1C(=O)OC. The van der Waals surface area contributed by atoms with Gasteiger partial charge in [0, 0.05) is 25.9 Å². The van der Waals surface area contributed by atoms with Crippen LogP contribution in [0.15, 0.2) is 0 Å². The lowest BCUT2D eigenvalue weighted by Crippen LogP contribution is -2.37. The highest BCUT2D eigenvalue weighted by Crippen LogP contribution is 2.19. The fourth-order valence-electron chi connectivity index (χ4n) is 1.89. The normalized spacial score (nSPS) is 26.2. The molecule has 15 heavy (non-hydrogen) atoms. The topological polar surface area (TPSA) is 49.8 Å². The summed E-state index contributed by atoms with van der Waals surface area (Å²) in [5, 5.41) is 9.48. The van der Waals surface area contributed by atoms with E-state index < -0.39 is 6.10 Å². The molecule has 2 atom stereocenters. The summed E-state index contributed by atoms with van der Waals surface area (Å²) in [6, 6.07) is -0.303. The number of rotatable bonds is 4. The van der Waals surface area contributed by atoms with Crippen LogP contribution in [-0.2, 0) is 9.53 Å². The molecule has 84 valence electrons. The largest absolute Gasteiger partial charge is 0.468 e. The summed E-state index contributed by atoms with van der Waals surface area (Å²) in [6.45, 7) is 1.27. The molecule has 4 heteroatoms. The number of esters is 1. The van der Waals surface area contributed by atoms with E-state index in [2.05, 4.69) is 10.7 Å². The third-order valence-corrected chi connectivity index (χ3v) is 2.62. The smallest absolute Gasteiger partial charge is 0.323 e. The fourth-order valence-corrected chi connectivity index (χ4v) is 1.89. The van der Waals surface area contributed by atoms with Gasteiger partial charge in [0.15, 0.2) is 0 Å². The van der Waals surface area contributed by atoms with E-state index >= 15 is 0 Å². The zero-order valence-electron chi connectivity index (χ0n) is 8.98. The average Bonchev–Trinajstić information content (AvgIpc) is 2.59. The number of hydrogen-bond donors (Lipinski definition) is 1. The van der Waals surface area contributed by atoms with Gasteiger partial charge in [-0.2, -0.15) is 0 Å². The second-order valence-electron chi connectivity index (χ2n) is 3.73. The monoisotopic (exact) mass is 211 g/mol. The van der Waals surface area contributed by atoms with Gasteiger partial charge >= 0.3 is 5.97 Å². The van der Waals surface area contributed by atoms with Crippen molar-refractivity contribution in [2.75, 3.05) is 20.2 Å². The van der Waals surface area contributed by atoms with Crippen LogP contribution < -0.4 is 0 Å². The number of methoxy groups -OCH3 is 1. The third kappa shape index (κ3) is 3.22. The molecule has 2 unspecified atom stereocenters. The molecular weight excluding hydrogens is 194 g/mol. The van der Waals surface area contributed by atoms with Gasteiger partial charge in [-0.05, 0) is 6.42 Å². The summed E-state index contributed by atoms with van der Waals surface area (Å²) in [5.74, 6) is 2.28. The molecule has 1 N–H and O–H groups in total. The van der Waals surface area contributed by atoms with Crippen LogP contribution in [0.3, 0.4) is 0 Å². The van der Waals surface area contributed by atoms with Crippen LogP contribution in [0.1, 0.15) is 19.3 Å². The maximum atomic E-state index is 11.4. The first kappa shape index (κ1) is 12.0. The number of terminal acetylenes is 1. The molecule has 0 aromatic rings. The Kier molecular flexibility index (Phi) is 4.60. The molecule has 0 spiro atoms. The molecule has 0 aromatic heterocycles. The standard InChI is InChI=1S/C11H17NO3/c1-3-4-5-6-12-8-9(13)7-10(12)11(14)15-2/h1,9-10,13H,4-8H2,2H3. The molecule has 1 rings (SSSR count). The summed E-state index contributed by atoms with van der Waals surface area (Å²) in [6.07, 6.45) is 6.72. The predicted molar refractivity (Wildman–Crippen MR) is 56.1 cm³/mol. The lowest BCUT2D eigenvalue weighted by molar-refractivity contribution is -0.145. The van der Waals surface area contributed by atoms with Gasteiger partial charge in [-0.3, -0.25) is 9.69 Å². The number of unbranched alkanes of at least 4 members (excludes halogenated alkanes) is 1. The Bertz CT molecular complexity index is 259. The maximum Gasteiger partial charge on any atom is 0.323 e. The Morgan fingerprint density at radius 2 is 2.47 bits per heavy atom. The average molecular weight is 211 g/mol. The van der Waals surface area contributed by atoms with Crippen molar-refractivity contribution in [3.05, 3.63) is 0 Å². The van der Waals surface area contributed by atoms with Crippen molar-refractivity contribution in [3.8, 4) is 12.3 Å². The van der Waals surface area contributed by atoms with Crippen molar-refractivity contribution in [3.63, 3.8) is 0 Å². The number of carbonyl (C=O) groups excluding carboxylic acids is 1. The molecule has 1 aliphatic rings. The molecule has 4 nitrogen and oxygen atoms in total. The second-order valence-corrected chi connectivity index (χ2v) is 3.73. The molecule has 0 saturated carbocycles. The Hall–Kier alpha value is -1.05. The number of likely N-dealkylation sites (tertiary alicyclic amines) is 1. The minimum Gasteiger partial charge on any atom is -0.468 e. The molecule has 0 amide bonds. The number of aliphatic hydroxyl groups excluding tert-OH is 1. The van der Waals surface area contributed by atoms with Gasteiger partial charge in [0.2, 0.25) is 0 Å². The third-order valence-electron chi connectivity index (χ3n) is 2.62. The van der Waals surface area contributed by atoms with Crippen molar-refractivity contribution in [1.82, 2.24) is 4.90 Å². The highest BCUT2D eigenvalue weighted by atomic mass is 16.5. The highest BCUT2D eigenvalue weighted by molar-refractivity contribution is 5.76. The van der Waals surface area contributed by atoms with Gasteiger partial charge in [0.1, 0.15) is 6.04 Å². The molecule has 0 aliphatic carbocycles. The van der Waals surface area contributed by atoms with Crippen LogP contribution in [0.4, 0.5) is 0 Å². The van der Waals surface area contributed by atoms with E-state index in [0.29, 0.717) is 19.4 Å². The predicted octanol–water partition coefficient (Wildman–Crippen LogP) is 0.00800. The first-order chi connectivity index (χ1) is 7.19. The number of aliphatic hydroxyl groups is 1. The van der Waals surface area contributed by atoms with Crippen LogP contribution in [-0.4, -0.2) is 48.3 Å². The highest BCUT2D eigenvalue weighted by Gasteiger charge is 2.35. The van der Waals surface area contributed by atoms with Gasteiger partial charge in [0.25, 0.3) is 0 Å². The summed E-state index contributed by atoms with van der Waals surface area (Å²) in [4.78, 5) is 13.3. The molecule has 1 saturated heterocycles. The lowest BCUT2D eigenvalue weighted by Gasteiger charge is -2.21. The van der Waals surface area contributed by atoms with Gasteiger partial charge in [-0.25, -0.2) is 0 Å². The Morgan fingerprint density at radius 1 is 1.73 bits per heavy atom. The van der Waals surface area contributed by atoms with Gasteiger partial charge < -0.3 is 9.84 Å². The number of β-amino-alcohol motifs (C(OH)–C–C–N with tert-alkyl or cyclic N) is 1. The molecule has 1 aliphatic heterocycles. The summed E-state index contributed by atoms with van der Waals surface area (Å²) in [7, 11) is 1.37. The number of nitrogens with zero attached hydrogens (tertiary/aromatic N) is 1. The lowest BCUT2D eigenvalue weighted by atomic mass is 10.2. The van der Waals surface area contributed by atoms with Crippen molar-refractivity contribution < 1.29 is 14.6 Å². The summed E-state index contributed by atoms with van der Waals surface area (Å²) < 4.78 is 4.69. The molecule has 1 fully saturated rings. The number of ether oxygens (including phenoxy) is 1. The molecule has 0 radical (unpaired) electrons. The molecule has 1 heterocycles. The minimum atomic E-state index is -0.431. The maximum absolute atomic E-state index is 11.4. The number of carbonyl (C=O) groups is 1. The molecular formula is C11H17NO3. The zero-order valence-corrected chi connectivity index (χ0v) is 8.98. The fraction of sp³-hybridized carbons (Fsp3) is 0.727. The van der Waals surface area contributed by atoms with Crippen molar-refractivity contribution in [2.45, 2.75) is 31.4 Å². The van der Waals surface area contributed by atoms with Crippen LogP contribution in [0.2, 0.25) is 0 Å². The van der Waals surface area contributed by atoms with E-state index in [1.807, 2.05) is 4.90 Å². The first-order valence-corrected chi connectivity index (χ1v) is 5.12. The van der Waals surface area contributed by atoms with Gasteiger partial charge in [-0.1, -0.05) is 0 Å². The Morgan fingerprint density at radius 3 is 3.07 bits per heavy atom. The van der Waals surface area contributed by atoms with Crippen molar-refractivity contribution in [2.24, 2.45) is 0 Å². The second kappa shape index (κ2) is 5.74.